The van der Waals surface area contributed by atoms with E-state index in [1.54, 1.807) is 0 Å². The molecule has 3 atom stereocenters. The summed E-state index contributed by atoms with van der Waals surface area (Å²) in [7, 11) is 0. The molecule has 98 valence electrons. The Labute approximate surface area is 112 Å². The minimum absolute atomic E-state index is 0.0105. The molecular weight excluding hydrogens is 252 g/mol. The van der Waals surface area contributed by atoms with Crippen LogP contribution in [-0.4, -0.2) is 52.1 Å². The Bertz CT molecular complexity index is 280. The molecule has 2 aliphatic heterocycles. The molecule has 1 N–H and O–H groups in total. The van der Waals surface area contributed by atoms with Crippen LogP contribution in [0, 0.1) is 5.92 Å². The molecule has 3 nitrogen and oxygen atoms in total. The Morgan fingerprint density at radius 1 is 1.47 bits per heavy atom. The van der Waals surface area contributed by atoms with E-state index >= 15 is 0 Å². The molecule has 2 rings (SSSR count). The first kappa shape index (κ1) is 13.6. The van der Waals surface area contributed by atoms with Gasteiger partial charge in [0.2, 0.25) is 5.91 Å². The normalized spacial score (nSPS) is 34.7. The van der Waals surface area contributed by atoms with E-state index in [1.807, 2.05) is 30.4 Å². The Hall–Kier alpha value is 0.130. The maximum Gasteiger partial charge on any atom is 0.240 e. The molecule has 3 unspecified atom stereocenters. The summed E-state index contributed by atoms with van der Waals surface area (Å²) in [4.78, 5) is 14.2. The van der Waals surface area contributed by atoms with Gasteiger partial charge >= 0.3 is 0 Å². The molecule has 0 saturated carbocycles. The van der Waals surface area contributed by atoms with Gasteiger partial charge in [-0.1, -0.05) is 13.8 Å². The fraction of sp³-hybridized carbons (Fsp3) is 0.917. The molecule has 0 spiro atoms. The number of nitrogens with one attached hydrogen (secondary N) is 1. The Morgan fingerprint density at radius 2 is 2.24 bits per heavy atom. The van der Waals surface area contributed by atoms with E-state index in [1.165, 1.54) is 17.3 Å². The molecule has 0 radical (unpaired) electrons. The highest BCUT2D eigenvalue weighted by molar-refractivity contribution is 8.06. The van der Waals surface area contributed by atoms with Crippen LogP contribution in [0.15, 0.2) is 0 Å². The molecule has 2 heterocycles. The first-order valence-electron chi connectivity index (χ1n) is 6.35. The molecular formula is C12H22N2OS2. The van der Waals surface area contributed by atoms with Crippen molar-refractivity contribution in [2.24, 2.45) is 5.92 Å². The minimum atomic E-state index is -0.0105. The molecule has 0 aromatic carbocycles. The smallest absolute Gasteiger partial charge is 0.240 e. The van der Waals surface area contributed by atoms with Crippen LogP contribution in [0.2, 0.25) is 0 Å². The Balaban J connectivity index is 1.98. The summed E-state index contributed by atoms with van der Waals surface area (Å²) in [5, 5.41) is 4.02. The second-order valence-corrected chi connectivity index (χ2v) is 7.69. The number of nitrogens with zero attached hydrogens (tertiary/aromatic N) is 1. The number of thioether (sulfide) groups is 2. The van der Waals surface area contributed by atoms with Gasteiger partial charge in [0.25, 0.3) is 0 Å². The summed E-state index contributed by atoms with van der Waals surface area (Å²) in [5.74, 6) is 4.43. The van der Waals surface area contributed by atoms with Crippen LogP contribution in [0.25, 0.3) is 0 Å². The Kier molecular flexibility index (Phi) is 4.66. The average Bonchev–Trinajstić information content (AvgIpc) is 2.59. The molecule has 0 aromatic rings. The summed E-state index contributed by atoms with van der Waals surface area (Å²) in [6.45, 7) is 7.24. The molecule has 5 heteroatoms. The van der Waals surface area contributed by atoms with Crippen LogP contribution in [0.1, 0.15) is 20.8 Å². The summed E-state index contributed by atoms with van der Waals surface area (Å²) >= 11 is 4.04. The first-order chi connectivity index (χ1) is 8.09. The van der Waals surface area contributed by atoms with Gasteiger partial charge < -0.3 is 4.90 Å². The third-order valence-electron chi connectivity index (χ3n) is 3.33. The van der Waals surface area contributed by atoms with Crippen molar-refractivity contribution >= 4 is 29.4 Å². The zero-order valence-corrected chi connectivity index (χ0v) is 12.4. The van der Waals surface area contributed by atoms with Crippen LogP contribution in [-0.2, 0) is 4.79 Å². The lowest BCUT2D eigenvalue weighted by molar-refractivity contribution is -0.130. The topological polar surface area (TPSA) is 32.3 Å². The predicted molar refractivity (Wildman–Crippen MR) is 76.5 cm³/mol. The van der Waals surface area contributed by atoms with Gasteiger partial charge in [-0.25, -0.2) is 0 Å². The van der Waals surface area contributed by atoms with Crippen molar-refractivity contribution < 1.29 is 4.79 Å². The quantitative estimate of drug-likeness (QED) is 0.848. The van der Waals surface area contributed by atoms with Gasteiger partial charge in [-0.15, -0.1) is 0 Å². The van der Waals surface area contributed by atoms with Crippen LogP contribution in [0.5, 0.6) is 0 Å². The largest absolute Gasteiger partial charge is 0.324 e. The van der Waals surface area contributed by atoms with Gasteiger partial charge in [-0.3, -0.25) is 10.1 Å². The lowest BCUT2D eigenvalue weighted by atomic mass is 10.1. The van der Waals surface area contributed by atoms with Gasteiger partial charge in [0, 0.05) is 29.1 Å². The van der Waals surface area contributed by atoms with Crippen LogP contribution >= 0.6 is 23.5 Å². The summed E-state index contributed by atoms with van der Waals surface area (Å²) in [5.41, 5.74) is 0. The second kappa shape index (κ2) is 5.85. The maximum absolute atomic E-state index is 12.1. The number of carbonyl (C=O) groups excluding carboxylic acids is 1. The number of amides is 1. The highest BCUT2D eigenvalue weighted by Crippen LogP contribution is 2.27. The monoisotopic (exact) mass is 274 g/mol. The van der Waals surface area contributed by atoms with Crippen LogP contribution in [0.3, 0.4) is 0 Å². The standard InChI is InChI=1S/C12H22N2OS2/c1-8(2)11-13-9(3)12(15)14(11)6-10-7-16-4-5-17-10/h8-11,13H,4-7H2,1-3H3. The SMILES string of the molecule is CC1NC(C(C)C)N(CC2CSCCS2)C1=O. The molecule has 1 amide bonds. The van der Waals surface area contributed by atoms with E-state index in [0.29, 0.717) is 11.2 Å². The number of hydrogen-bond acceptors (Lipinski definition) is 4. The highest BCUT2D eigenvalue weighted by Gasteiger charge is 2.38. The van der Waals surface area contributed by atoms with E-state index in [0.717, 1.165) is 6.54 Å². The number of carbonyl (C=O) groups is 1. The highest BCUT2D eigenvalue weighted by atomic mass is 32.2. The number of rotatable bonds is 3. The zero-order chi connectivity index (χ0) is 12.4. The molecule has 0 bridgehead atoms. The maximum atomic E-state index is 12.1. The molecule has 2 fully saturated rings. The van der Waals surface area contributed by atoms with Crippen LogP contribution < -0.4 is 5.32 Å². The fourth-order valence-electron chi connectivity index (χ4n) is 2.42. The summed E-state index contributed by atoms with van der Waals surface area (Å²) in [6, 6.07) is -0.0105. The van der Waals surface area contributed by atoms with Crippen molar-refractivity contribution in [1.29, 1.82) is 0 Å². The van der Waals surface area contributed by atoms with Crippen molar-refractivity contribution in [2.75, 3.05) is 23.8 Å². The van der Waals surface area contributed by atoms with Crippen molar-refractivity contribution in [2.45, 2.75) is 38.2 Å². The lowest BCUT2D eigenvalue weighted by Crippen LogP contribution is -2.45. The fourth-order valence-corrected chi connectivity index (χ4v) is 5.08. The third-order valence-corrected chi connectivity index (χ3v) is 6.15. The lowest BCUT2D eigenvalue weighted by Gasteiger charge is -2.31. The molecule has 0 aliphatic carbocycles. The minimum Gasteiger partial charge on any atom is -0.324 e. The average molecular weight is 274 g/mol. The van der Waals surface area contributed by atoms with Gasteiger partial charge in [0.1, 0.15) is 0 Å². The van der Waals surface area contributed by atoms with Gasteiger partial charge in [0.15, 0.2) is 0 Å². The van der Waals surface area contributed by atoms with Gasteiger partial charge in [-0.2, -0.15) is 23.5 Å². The van der Waals surface area contributed by atoms with E-state index in [4.69, 9.17) is 0 Å². The number of hydrogen-bond donors (Lipinski definition) is 1. The van der Waals surface area contributed by atoms with E-state index < -0.39 is 0 Å². The van der Waals surface area contributed by atoms with Crippen molar-refractivity contribution in [3.8, 4) is 0 Å². The van der Waals surface area contributed by atoms with Crippen LogP contribution in [0.4, 0.5) is 0 Å². The van der Waals surface area contributed by atoms with Crippen molar-refractivity contribution in [3.63, 3.8) is 0 Å². The predicted octanol–water partition coefficient (Wildman–Crippen LogP) is 1.64. The molecule has 2 aliphatic rings. The summed E-state index contributed by atoms with van der Waals surface area (Å²) < 4.78 is 0. The van der Waals surface area contributed by atoms with E-state index in [2.05, 4.69) is 24.1 Å². The van der Waals surface area contributed by atoms with Gasteiger partial charge in [-0.05, 0) is 12.8 Å². The van der Waals surface area contributed by atoms with E-state index in [-0.39, 0.29) is 18.1 Å². The Morgan fingerprint density at radius 3 is 2.82 bits per heavy atom. The van der Waals surface area contributed by atoms with Gasteiger partial charge in [0.05, 0.1) is 12.2 Å². The summed E-state index contributed by atoms with van der Waals surface area (Å²) in [6.07, 6.45) is 0.227. The zero-order valence-electron chi connectivity index (χ0n) is 10.8. The van der Waals surface area contributed by atoms with Crippen molar-refractivity contribution in [1.82, 2.24) is 10.2 Å². The third kappa shape index (κ3) is 3.12. The molecule has 2 saturated heterocycles. The second-order valence-electron chi connectivity index (χ2n) is 5.14. The van der Waals surface area contributed by atoms with Crippen molar-refractivity contribution in [3.05, 3.63) is 0 Å². The molecule has 0 aromatic heterocycles. The first-order valence-corrected chi connectivity index (χ1v) is 8.56. The van der Waals surface area contributed by atoms with E-state index in [9.17, 15) is 4.79 Å². The molecule has 17 heavy (non-hydrogen) atoms.